The molecule has 14 heavy (non-hydrogen) atoms. The van der Waals surface area contributed by atoms with Gasteiger partial charge >= 0.3 is 6.18 Å². The molecule has 1 aliphatic carbocycles. The summed E-state index contributed by atoms with van der Waals surface area (Å²) in [6.45, 7) is 0. The van der Waals surface area contributed by atoms with E-state index in [0.717, 1.165) is 18.9 Å². The first-order valence-corrected chi connectivity index (χ1v) is 5.14. The molecule has 0 aromatic heterocycles. The number of alkyl halides is 3. The topological polar surface area (TPSA) is 0 Å². The Morgan fingerprint density at radius 1 is 1.21 bits per heavy atom. The highest BCUT2D eigenvalue weighted by molar-refractivity contribution is 9.10. The minimum atomic E-state index is -4.22. The van der Waals surface area contributed by atoms with Crippen molar-refractivity contribution < 1.29 is 13.2 Å². The van der Waals surface area contributed by atoms with Gasteiger partial charge in [-0.1, -0.05) is 15.9 Å². The predicted octanol–water partition coefficient (Wildman–Crippen LogP) is 4.35. The van der Waals surface area contributed by atoms with E-state index in [-0.39, 0.29) is 5.92 Å². The molecule has 0 unspecified atom stereocenters. The Hall–Kier alpha value is -0.510. The first kappa shape index (κ1) is 10.0. The van der Waals surface area contributed by atoms with Gasteiger partial charge in [0.1, 0.15) is 0 Å². The normalized spacial score (nSPS) is 17.1. The van der Waals surface area contributed by atoms with Crippen LogP contribution in [-0.2, 0) is 6.18 Å². The van der Waals surface area contributed by atoms with Crippen LogP contribution in [0.25, 0.3) is 0 Å². The highest BCUT2D eigenvalue weighted by Gasteiger charge is 2.37. The third-order valence-corrected chi connectivity index (χ3v) is 2.83. The summed E-state index contributed by atoms with van der Waals surface area (Å²) in [5.41, 5.74) is -0.0462. The van der Waals surface area contributed by atoms with Crippen molar-refractivity contribution in [2.45, 2.75) is 24.9 Å². The zero-order valence-electron chi connectivity index (χ0n) is 7.24. The van der Waals surface area contributed by atoms with Gasteiger partial charge in [-0.05, 0) is 42.5 Å². The van der Waals surface area contributed by atoms with Crippen LogP contribution in [0.4, 0.5) is 13.2 Å². The van der Waals surface area contributed by atoms with Crippen molar-refractivity contribution >= 4 is 15.9 Å². The molecule has 0 saturated heterocycles. The fourth-order valence-corrected chi connectivity index (χ4v) is 1.90. The molecule has 76 valence electrons. The van der Waals surface area contributed by atoms with Gasteiger partial charge < -0.3 is 0 Å². The van der Waals surface area contributed by atoms with E-state index >= 15 is 0 Å². The summed E-state index contributed by atoms with van der Waals surface area (Å²) in [5, 5.41) is 0. The summed E-state index contributed by atoms with van der Waals surface area (Å²) in [5.74, 6) is 0.115. The fourth-order valence-electron chi connectivity index (χ4n) is 1.52. The standard InChI is InChI=1S/C10H8BrF3/c11-7-3-4-9(10(12,13)14)8(5-7)6-1-2-6/h3-6H,1-2H2. The Bertz CT molecular complexity index is 353. The lowest BCUT2D eigenvalue weighted by molar-refractivity contribution is -0.138. The van der Waals surface area contributed by atoms with Gasteiger partial charge in [-0.2, -0.15) is 13.2 Å². The first-order chi connectivity index (χ1) is 6.48. The van der Waals surface area contributed by atoms with Crippen molar-refractivity contribution in [2.24, 2.45) is 0 Å². The lowest BCUT2D eigenvalue weighted by Crippen LogP contribution is -2.08. The molecule has 1 aliphatic rings. The molecule has 0 nitrogen and oxygen atoms in total. The molecule has 1 aromatic carbocycles. The van der Waals surface area contributed by atoms with Gasteiger partial charge in [-0.15, -0.1) is 0 Å². The lowest BCUT2D eigenvalue weighted by Gasteiger charge is -2.12. The number of benzene rings is 1. The second-order valence-electron chi connectivity index (χ2n) is 3.50. The average Bonchev–Trinajstić information content (AvgIpc) is 2.83. The first-order valence-electron chi connectivity index (χ1n) is 4.35. The maximum Gasteiger partial charge on any atom is 0.416 e. The van der Waals surface area contributed by atoms with Gasteiger partial charge in [0.15, 0.2) is 0 Å². The summed E-state index contributed by atoms with van der Waals surface area (Å²) in [6, 6.07) is 4.17. The molecule has 1 saturated carbocycles. The van der Waals surface area contributed by atoms with Crippen LogP contribution in [0.3, 0.4) is 0 Å². The van der Waals surface area contributed by atoms with Gasteiger partial charge in [0, 0.05) is 4.47 Å². The monoisotopic (exact) mass is 264 g/mol. The molecule has 0 bridgehead atoms. The van der Waals surface area contributed by atoms with E-state index in [1.165, 1.54) is 6.07 Å². The molecule has 1 fully saturated rings. The number of halogens is 4. The molecular weight excluding hydrogens is 257 g/mol. The highest BCUT2D eigenvalue weighted by Crippen LogP contribution is 2.46. The average molecular weight is 265 g/mol. The van der Waals surface area contributed by atoms with E-state index < -0.39 is 11.7 Å². The number of hydrogen-bond donors (Lipinski definition) is 0. The van der Waals surface area contributed by atoms with E-state index in [4.69, 9.17) is 0 Å². The molecular formula is C10H8BrF3. The molecule has 2 rings (SSSR count). The summed E-state index contributed by atoms with van der Waals surface area (Å²) < 4.78 is 38.4. The van der Waals surface area contributed by atoms with Crippen molar-refractivity contribution in [3.05, 3.63) is 33.8 Å². The highest BCUT2D eigenvalue weighted by atomic mass is 79.9. The fraction of sp³-hybridized carbons (Fsp3) is 0.400. The Morgan fingerprint density at radius 3 is 2.36 bits per heavy atom. The van der Waals surface area contributed by atoms with Crippen molar-refractivity contribution in [2.75, 3.05) is 0 Å². The van der Waals surface area contributed by atoms with E-state index in [1.54, 1.807) is 6.07 Å². The molecule has 0 radical (unpaired) electrons. The molecule has 0 spiro atoms. The predicted molar refractivity (Wildman–Crippen MR) is 51.1 cm³/mol. The molecule has 0 atom stereocenters. The van der Waals surface area contributed by atoms with Crippen LogP contribution in [0.1, 0.15) is 29.9 Å². The summed E-state index contributed by atoms with van der Waals surface area (Å²) in [4.78, 5) is 0. The van der Waals surface area contributed by atoms with Crippen LogP contribution in [0.5, 0.6) is 0 Å². The van der Waals surface area contributed by atoms with E-state index in [0.29, 0.717) is 10.0 Å². The van der Waals surface area contributed by atoms with Crippen LogP contribution >= 0.6 is 15.9 Å². The van der Waals surface area contributed by atoms with E-state index in [1.807, 2.05) is 0 Å². The Labute approximate surface area is 88.2 Å². The smallest absolute Gasteiger partial charge is 0.166 e. The second-order valence-corrected chi connectivity index (χ2v) is 4.42. The van der Waals surface area contributed by atoms with Crippen LogP contribution in [0, 0.1) is 0 Å². The molecule has 0 heterocycles. The van der Waals surface area contributed by atoms with Crippen molar-refractivity contribution in [1.29, 1.82) is 0 Å². The van der Waals surface area contributed by atoms with Crippen LogP contribution in [-0.4, -0.2) is 0 Å². The molecule has 1 aromatic rings. The van der Waals surface area contributed by atoms with Gasteiger partial charge in [-0.3, -0.25) is 0 Å². The number of hydrogen-bond acceptors (Lipinski definition) is 0. The quantitative estimate of drug-likeness (QED) is 0.708. The Balaban J connectivity index is 2.47. The molecule has 0 amide bonds. The summed E-state index contributed by atoms with van der Waals surface area (Å²) >= 11 is 3.19. The van der Waals surface area contributed by atoms with E-state index in [2.05, 4.69) is 15.9 Å². The van der Waals surface area contributed by atoms with Crippen LogP contribution in [0.2, 0.25) is 0 Å². The zero-order chi connectivity index (χ0) is 10.3. The molecule has 0 aliphatic heterocycles. The SMILES string of the molecule is FC(F)(F)c1ccc(Br)cc1C1CC1. The van der Waals surface area contributed by atoms with Crippen molar-refractivity contribution in [1.82, 2.24) is 0 Å². The lowest BCUT2D eigenvalue weighted by atomic mass is 10.0. The van der Waals surface area contributed by atoms with Gasteiger partial charge in [0.25, 0.3) is 0 Å². The summed E-state index contributed by atoms with van der Waals surface area (Å²) in [6.07, 6.45) is -2.47. The van der Waals surface area contributed by atoms with E-state index in [9.17, 15) is 13.2 Å². The number of rotatable bonds is 1. The minimum Gasteiger partial charge on any atom is -0.166 e. The van der Waals surface area contributed by atoms with Gasteiger partial charge in [0.05, 0.1) is 5.56 Å². The second kappa shape index (κ2) is 3.26. The maximum absolute atomic E-state index is 12.6. The van der Waals surface area contributed by atoms with Crippen molar-refractivity contribution in [3.63, 3.8) is 0 Å². The third kappa shape index (κ3) is 1.95. The molecule has 0 N–H and O–H groups in total. The van der Waals surface area contributed by atoms with Crippen LogP contribution in [0.15, 0.2) is 22.7 Å². The third-order valence-electron chi connectivity index (χ3n) is 2.34. The zero-order valence-corrected chi connectivity index (χ0v) is 8.82. The van der Waals surface area contributed by atoms with Gasteiger partial charge in [-0.25, -0.2) is 0 Å². The van der Waals surface area contributed by atoms with Crippen LogP contribution < -0.4 is 0 Å². The Kier molecular flexibility index (Phi) is 2.33. The van der Waals surface area contributed by atoms with Crippen molar-refractivity contribution in [3.8, 4) is 0 Å². The minimum absolute atomic E-state index is 0.115. The maximum atomic E-state index is 12.6. The summed E-state index contributed by atoms with van der Waals surface area (Å²) in [7, 11) is 0. The Morgan fingerprint density at radius 2 is 1.86 bits per heavy atom. The largest absolute Gasteiger partial charge is 0.416 e. The molecule has 4 heteroatoms. The van der Waals surface area contributed by atoms with Gasteiger partial charge in [0.2, 0.25) is 0 Å².